The van der Waals surface area contributed by atoms with E-state index in [1.807, 2.05) is 13.8 Å². The van der Waals surface area contributed by atoms with Gasteiger partial charge in [0.2, 0.25) is 5.43 Å². The zero-order valence-corrected chi connectivity index (χ0v) is 24.8. The van der Waals surface area contributed by atoms with Crippen molar-refractivity contribution in [2.75, 3.05) is 45.9 Å². The molecule has 1 saturated heterocycles. The Hall–Kier alpha value is -2.40. The van der Waals surface area contributed by atoms with E-state index >= 15 is 0 Å². The number of halogens is 4. The van der Waals surface area contributed by atoms with E-state index in [9.17, 15) is 24.2 Å². The van der Waals surface area contributed by atoms with Gasteiger partial charge in [-0.15, -0.1) is 24.8 Å². The second-order valence-electron chi connectivity index (χ2n) is 9.89. The minimum absolute atomic E-state index is 0. The number of nitrogens with one attached hydrogen (secondary N) is 1. The van der Waals surface area contributed by atoms with Gasteiger partial charge in [0.05, 0.1) is 23.2 Å². The van der Waals surface area contributed by atoms with Gasteiger partial charge in [-0.05, 0) is 29.2 Å². The molecule has 4 rings (SSSR count). The summed E-state index contributed by atoms with van der Waals surface area (Å²) in [6.45, 7) is 8.28. The Morgan fingerprint density at radius 2 is 1.88 bits per heavy atom. The summed E-state index contributed by atoms with van der Waals surface area (Å²) in [7, 11) is 0. The predicted octanol–water partition coefficient (Wildman–Crippen LogP) is 4.40. The molecule has 0 bridgehead atoms. The number of benzene rings is 2. The van der Waals surface area contributed by atoms with E-state index in [4.69, 9.17) is 16.3 Å². The molecule has 0 unspecified atom stereocenters. The van der Waals surface area contributed by atoms with Crippen LogP contribution in [0.4, 0.5) is 4.39 Å². The summed E-state index contributed by atoms with van der Waals surface area (Å²) in [5.41, 5.74) is 0.262. The molecule has 1 aromatic heterocycles. The van der Waals surface area contributed by atoms with Crippen LogP contribution < -0.4 is 15.5 Å². The molecule has 1 atom stereocenters. The molecule has 0 spiro atoms. The first kappa shape index (κ1) is 33.8. The number of rotatable bonds is 10. The van der Waals surface area contributed by atoms with Crippen molar-refractivity contribution in [2.45, 2.75) is 26.3 Å². The molecule has 2 heterocycles. The summed E-state index contributed by atoms with van der Waals surface area (Å²) < 4.78 is 22.7. The number of aliphatic hydroxyl groups is 1. The fourth-order valence-electron chi connectivity index (χ4n) is 4.85. The smallest absolute Gasteiger partial charge is 0.341 e. The van der Waals surface area contributed by atoms with Gasteiger partial charge in [-0.2, -0.15) is 0 Å². The lowest BCUT2D eigenvalue weighted by atomic mass is 9.98. The first-order chi connectivity index (χ1) is 18.2. The Labute approximate surface area is 249 Å². The fraction of sp³-hybridized carbons (Fsp3) is 0.429. The van der Waals surface area contributed by atoms with Gasteiger partial charge < -0.3 is 24.8 Å². The van der Waals surface area contributed by atoms with Crippen LogP contribution in [0.3, 0.4) is 0 Å². The second-order valence-corrected chi connectivity index (χ2v) is 10.3. The van der Waals surface area contributed by atoms with Crippen LogP contribution in [0.2, 0.25) is 5.02 Å². The second kappa shape index (κ2) is 15.0. The van der Waals surface area contributed by atoms with Crippen LogP contribution in [-0.4, -0.2) is 71.6 Å². The molecule has 220 valence electrons. The third-order valence-electron chi connectivity index (χ3n) is 7.05. The molecule has 8 nitrogen and oxygen atoms in total. The summed E-state index contributed by atoms with van der Waals surface area (Å²) in [4.78, 5) is 27.5. The van der Waals surface area contributed by atoms with Crippen LogP contribution in [0.25, 0.3) is 10.9 Å². The standard InChI is InChI=1S/C28H33ClFN3O5.2ClH/c1-17(2)24(16-34)33-15-21(28(36)37)27(35)20-13-19(12-18-4-3-5-22(29)26(18)30)25(14-23(20)33)38-11-10-32-8-6-31-7-9-32;;/h3-5,13-15,17,24,31,34H,6-12,16H2,1-2H3,(H,36,37);2*1H/t24-;;/m1../s1. The molecule has 0 amide bonds. The Bertz CT molecular complexity index is 1380. The van der Waals surface area contributed by atoms with Gasteiger partial charge in [-0.1, -0.05) is 37.6 Å². The number of nitrogens with zero attached hydrogens (tertiary/aromatic N) is 2. The lowest BCUT2D eigenvalue weighted by Gasteiger charge is -2.27. The first-order valence-corrected chi connectivity index (χ1v) is 13.1. The van der Waals surface area contributed by atoms with Crippen molar-refractivity contribution < 1.29 is 24.1 Å². The number of ether oxygens (including phenoxy) is 1. The zero-order valence-electron chi connectivity index (χ0n) is 22.4. The molecule has 40 heavy (non-hydrogen) atoms. The molecule has 12 heteroatoms. The van der Waals surface area contributed by atoms with Crippen molar-refractivity contribution in [1.82, 2.24) is 14.8 Å². The summed E-state index contributed by atoms with van der Waals surface area (Å²) in [5.74, 6) is -1.50. The maximum atomic E-state index is 14.8. The third-order valence-corrected chi connectivity index (χ3v) is 7.34. The van der Waals surface area contributed by atoms with E-state index in [2.05, 4.69) is 10.2 Å². The maximum Gasteiger partial charge on any atom is 0.341 e. The van der Waals surface area contributed by atoms with Crippen molar-refractivity contribution in [2.24, 2.45) is 5.92 Å². The summed E-state index contributed by atoms with van der Waals surface area (Å²) in [6, 6.07) is 7.53. The Morgan fingerprint density at radius 3 is 2.50 bits per heavy atom. The van der Waals surface area contributed by atoms with Gasteiger partial charge in [-0.3, -0.25) is 9.69 Å². The highest BCUT2D eigenvalue weighted by Crippen LogP contribution is 2.32. The fourth-order valence-corrected chi connectivity index (χ4v) is 5.04. The number of pyridine rings is 1. The Morgan fingerprint density at radius 1 is 1.18 bits per heavy atom. The average molecular weight is 619 g/mol. The van der Waals surface area contributed by atoms with E-state index in [1.54, 1.807) is 28.8 Å². The van der Waals surface area contributed by atoms with Gasteiger partial charge in [0.15, 0.2) is 0 Å². The van der Waals surface area contributed by atoms with Crippen LogP contribution in [0, 0.1) is 11.7 Å². The van der Waals surface area contributed by atoms with Gasteiger partial charge >= 0.3 is 5.97 Å². The number of piperazine rings is 1. The van der Waals surface area contributed by atoms with E-state index in [0.29, 0.717) is 35.5 Å². The Kier molecular flexibility index (Phi) is 12.7. The topological polar surface area (TPSA) is 104 Å². The van der Waals surface area contributed by atoms with Crippen molar-refractivity contribution in [1.29, 1.82) is 0 Å². The van der Waals surface area contributed by atoms with Crippen molar-refractivity contribution >= 4 is 53.3 Å². The predicted molar refractivity (Wildman–Crippen MR) is 160 cm³/mol. The van der Waals surface area contributed by atoms with Crippen LogP contribution in [0.5, 0.6) is 5.75 Å². The largest absolute Gasteiger partial charge is 0.492 e. The zero-order chi connectivity index (χ0) is 27.4. The molecule has 3 aromatic rings. The third kappa shape index (κ3) is 7.46. The SMILES string of the molecule is CC(C)[C@@H](CO)n1cc(C(=O)O)c(=O)c2cc(Cc3cccc(Cl)c3F)c(OCCN3CCNCC3)cc21.Cl.Cl. The lowest BCUT2D eigenvalue weighted by Crippen LogP contribution is -2.44. The highest BCUT2D eigenvalue weighted by Gasteiger charge is 2.23. The number of carboxylic acids is 1. The number of fused-ring (bicyclic) bond motifs is 1. The van der Waals surface area contributed by atoms with Crippen molar-refractivity contribution in [3.8, 4) is 5.75 Å². The molecule has 0 aliphatic carbocycles. The van der Waals surface area contributed by atoms with Crippen LogP contribution in [-0.2, 0) is 6.42 Å². The molecule has 1 aliphatic rings. The summed E-state index contributed by atoms with van der Waals surface area (Å²) >= 11 is 6.01. The number of hydrogen-bond acceptors (Lipinski definition) is 6. The van der Waals surface area contributed by atoms with Crippen LogP contribution >= 0.6 is 36.4 Å². The van der Waals surface area contributed by atoms with Crippen molar-refractivity contribution in [3.63, 3.8) is 0 Å². The molecule has 3 N–H and O–H groups in total. The number of carbonyl (C=O) groups is 1. The van der Waals surface area contributed by atoms with Crippen LogP contribution in [0.1, 0.15) is 41.4 Å². The lowest BCUT2D eigenvalue weighted by molar-refractivity contribution is 0.0694. The number of aliphatic hydroxyl groups excluding tert-OH is 1. The van der Waals surface area contributed by atoms with Crippen molar-refractivity contribution in [3.05, 3.63) is 74.3 Å². The number of carboxylic acid groups (broad SMARTS) is 1. The molecule has 1 fully saturated rings. The summed E-state index contributed by atoms with van der Waals surface area (Å²) in [5, 5.41) is 23.3. The van der Waals surface area contributed by atoms with E-state index in [0.717, 1.165) is 26.2 Å². The van der Waals surface area contributed by atoms with E-state index < -0.39 is 28.8 Å². The minimum Gasteiger partial charge on any atom is -0.492 e. The van der Waals surface area contributed by atoms with Gasteiger partial charge in [-0.25, -0.2) is 9.18 Å². The Balaban J connectivity index is 0.00000280. The van der Waals surface area contributed by atoms with Gasteiger partial charge in [0, 0.05) is 56.8 Å². The number of aromatic nitrogens is 1. The van der Waals surface area contributed by atoms with Gasteiger partial charge in [0.25, 0.3) is 0 Å². The van der Waals surface area contributed by atoms with E-state index in [-0.39, 0.29) is 54.2 Å². The quantitative estimate of drug-likeness (QED) is 0.310. The number of hydrogen-bond donors (Lipinski definition) is 3. The molecule has 0 saturated carbocycles. The molecule has 1 aliphatic heterocycles. The van der Waals surface area contributed by atoms with Crippen LogP contribution in [0.15, 0.2) is 41.3 Å². The van der Waals surface area contributed by atoms with E-state index in [1.165, 1.54) is 12.3 Å². The normalized spacial score (nSPS) is 14.4. The minimum atomic E-state index is -1.36. The maximum absolute atomic E-state index is 14.8. The molecular weight excluding hydrogens is 584 g/mol. The summed E-state index contributed by atoms with van der Waals surface area (Å²) in [6.07, 6.45) is 1.38. The highest BCUT2D eigenvalue weighted by atomic mass is 35.5. The average Bonchev–Trinajstić information content (AvgIpc) is 2.89. The highest BCUT2D eigenvalue weighted by molar-refractivity contribution is 6.30. The van der Waals surface area contributed by atoms with Gasteiger partial charge in [0.1, 0.15) is 23.7 Å². The number of aromatic carboxylic acids is 1. The molecular formula is C28H35Cl3FN3O5. The first-order valence-electron chi connectivity index (χ1n) is 12.8. The monoisotopic (exact) mass is 617 g/mol. The molecule has 0 radical (unpaired) electrons. The molecule has 2 aromatic carbocycles.